The number of esters is 3. The van der Waals surface area contributed by atoms with Crippen LogP contribution in [0, 0.1) is 0 Å². The molecule has 0 spiro atoms. The van der Waals surface area contributed by atoms with Crippen molar-refractivity contribution in [3.05, 3.63) is 51.7 Å². The molecule has 1 unspecified atom stereocenters. The third-order valence-electron chi connectivity index (χ3n) is 8.66. The van der Waals surface area contributed by atoms with Crippen LogP contribution in [0.15, 0.2) is 39.5 Å². The van der Waals surface area contributed by atoms with Crippen LogP contribution in [0.2, 0.25) is 0 Å². The molecule has 48 heavy (non-hydrogen) atoms. The molecule has 5 aromatic rings. The molecule has 0 aliphatic carbocycles. The molecule has 1 saturated heterocycles. The number of nitrogens with zero attached hydrogens (tertiary/aromatic N) is 1. The fraction of sp³-hybridized carbons (Fsp3) is 0.286. The summed E-state index contributed by atoms with van der Waals surface area (Å²) in [5, 5.41) is 0.727. The highest BCUT2D eigenvalue weighted by atomic mass is 16.6. The minimum Gasteiger partial charge on any atom is -0.493 e. The Morgan fingerprint density at radius 3 is 2.10 bits per heavy atom. The van der Waals surface area contributed by atoms with Crippen molar-refractivity contribution in [1.82, 2.24) is 4.90 Å². The molecule has 0 saturated carbocycles. The van der Waals surface area contributed by atoms with Gasteiger partial charge >= 0.3 is 17.9 Å². The van der Waals surface area contributed by atoms with Gasteiger partial charge in [0.15, 0.2) is 34.3 Å². The molecule has 0 N–H and O–H groups in total. The summed E-state index contributed by atoms with van der Waals surface area (Å²) in [6, 6.07) is 7.94. The normalized spacial score (nSPS) is 17.0. The topological polar surface area (TPSA) is 157 Å². The molecule has 2 aliphatic rings. The molecule has 13 nitrogen and oxygen atoms in total. The highest BCUT2D eigenvalue weighted by Crippen LogP contribution is 2.51. The maximum absolute atomic E-state index is 14.4. The summed E-state index contributed by atoms with van der Waals surface area (Å²) in [5.74, 6) is -2.65. The number of hydrogen-bond acceptors (Lipinski definition) is 12. The van der Waals surface area contributed by atoms with Crippen molar-refractivity contribution < 1.29 is 52.0 Å². The molecule has 13 heteroatoms. The monoisotopic (exact) mass is 655 g/mol. The quantitative estimate of drug-likeness (QED) is 0.111. The second-order valence-electron chi connectivity index (χ2n) is 11.8. The van der Waals surface area contributed by atoms with E-state index in [2.05, 4.69) is 0 Å². The molecule has 1 aromatic heterocycles. The van der Waals surface area contributed by atoms with Crippen molar-refractivity contribution in [2.45, 2.75) is 39.8 Å². The molecule has 0 bridgehead atoms. The van der Waals surface area contributed by atoms with E-state index in [0.29, 0.717) is 30.5 Å². The predicted molar refractivity (Wildman–Crippen MR) is 171 cm³/mol. The van der Waals surface area contributed by atoms with Gasteiger partial charge in [-0.25, -0.2) is 0 Å². The van der Waals surface area contributed by atoms with Crippen molar-refractivity contribution in [2.24, 2.45) is 0 Å². The zero-order chi connectivity index (χ0) is 34.2. The van der Waals surface area contributed by atoms with E-state index in [1.807, 2.05) is 6.92 Å². The molecule has 4 aromatic carbocycles. The average Bonchev–Trinajstić information content (AvgIpc) is 3.42. The molecule has 0 radical (unpaired) electrons. The van der Waals surface area contributed by atoms with Crippen LogP contribution >= 0.6 is 0 Å². The van der Waals surface area contributed by atoms with Crippen LogP contribution in [0.1, 0.15) is 43.6 Å². The number of carbonyl (C=O) groups excluding carboxylic acids is 4. The van der Waals surface area contributed by atoms with Crippen molar-refractivity contribution in [3.63, 3.8) is 0 Å². The van der Waals surface area contributed by atoms with E-state index in [1.165, 1.54) is 40.2 Å². The van der Waals surface area contributed by atoms with E-state index < -0.39 is 35.0 Å². The van der Waals surface area contributed by atoms with Crippen LogP contribution in [0.4, 0.5) is 0 Å². The van der Waals surface area contributed by atoms with E-state index in [-0.39, 0.29) is 72.4 Å². The van der Waals surface area contributed by atoms with Crippen LogP contribution in [0.3, 0.4) is 0 Å². The SMILES string of the molecule is COc1cc2oc3c(OC(C)=O)c4ccc5cc6c(c(OC(C)=O)c5c4c(OC(C)=O)c3c(=O)c2cc1OC)C(=O)N1CCOC1(C)C6. The third kappa shape index (κ3) is 4.53. The highest BCUT2D eigenvalue weighted by Gasteiger charge is 2.47. The summed E-state index contributed by atoms with van der Waals surface area (Å²) in [7, 11) is 2.83. The molecular formula is C35H29NO12. The maximum atomic E-state index is 14.4. The van der Waals surface area contributed by atoms with E-state index in [1.54, 1.807) is 23.1 Å². The predicted octanol–water partition coefficient (Wildman–Crippen LogP) is 4.79. The number of ether oxygens (including phenoxy) is 6. The molecule has 1 atom stereocenters. The van der Waals surface area contributed by atoms with Gasteiger partial charge in [-0.3, -0.25) is 24.0 Å². The van der Waals surface area contributed by atoms with Crippen LogP contribution in [0.25, 0.3) is 43.5 Å². The van der Waals surface area contributed by atoms with E-state index in [0.717, 1.165) is 6.92 Å². The Bertz CT molecular complexity index is 2360. The van der Waals surface area contributed by atoms with E-state index >= 15 is 0 Å². The van der Waals surface area contributed by atoms with Gasteiger partial charge in [0.05, 0.1) is 31.8 Å². The number of carbonyl (C=O) groups is 4. The van der Waals surface area contributed by atoms with Gasteiger partial charge in [-0.1, -0.05) is 6.07 Å². The van der Waals surface area contributed by atoms with Crippen molar-refractivity contribution in [2.75, 3.05) is 27.4 Å². The number of hydrogen-bond donors (Lipinski definition) is 0. The summed E-state index contributed by atoms with van der Waals surface area (Å²) in [5.41, 5.74) is -0.963. The lowest BCUT2D eigenvalue weighted by atomic mass is 9.86. The number of amides is 1. The minimum atomic E-state index is -0.895. The van der Waals surface area contributed by atoms with Crippen LogP contribution in [-0.4, -0.2) is 61.8 Å². The zero-order valence-corrected chi connectivity index (χ0v) is 26.9. The molecule has 1 fully saturated rings. The first-order valence-corrected chi connectivity index (χ1v) is 15.0. The van der Waals surface area contributed by atoms with Gasteiger partial charge in [-0.2, -0.15) is 0 Å². The maximum Gasteiger partial charge on any atom is 0.308 e. The van der Waals surface area contributed by atoms with Crippen LogP contribution in [-0.2, 0) is 25.5 Å². The van der Waals surface area contributed by atoms with E-state index in [4.69, 9.17) is 32.8 Å². The largest absolute Gasteiger partial charge is 0.493 e. The lowest BCUT2D eigenvalue weighted by molar-refractivity contribution is -0.132. The van der Waals surface area contributed by atoms with Gasteiger partial charge in [0.2, 0.25) is 5.43 Å². The van der Waals surface area contributed by atoms with E-state index in [9.17, 15) is 24.0 Å². The van der Waals surface area contributed by atoms with Gasteiger partial charge in [0, 0.05) is 56.0 Å². The molecule has 2 aliphatic heterocycles. The van der Waals surface area contributed by atoms with Crippen molar-refractivity contribution in [1.29, 1.82) is 0 Å². The summed E-state index contributed by atoms with van der Waals surface area (Å²) in [6.07, 6.45) is 0.310. The number of methoxy groups -OCH3 is 2. The highest BCUT2D eigenvalue weighted by molar-refractivity contribution is 6.24. The molecule has 1 amide bonds. The lowest BCUT2D eigenvalue weighted by Crippen LogP contribution is -2.51. The first kappa shape index (κ1) is 30.9. The Morgan fingerprint density at radius 2 is 1.44 bits per heavy atom. The third-order valence-corrected chi connectivity index (χ3v) is 8.66. The Balaban J connectivity index is 1.73. The first-order valence-electron chi connectivity index (χ1n) is 15.0. The fourth-order valence-electron chi connectivity index (χ4n) is 6.81. The number of benzene rings is 4. The molecular weight excluding hydrogens is 626 g/mol. The van der Waals surface area contributed by atoms with Gasteiger partial charge in [0.1, 0.15) is 16.7 Å². The van der Waals surface area contributed by atoms with Crippen LogP contribution in [0.5, 0.6) is 28.7 Å². The standard InChI is InChI=1S/C35H29NO12/c1-15(37)45-30-20-8-7-18-11-19-14-35(4)36(9-10-44-35)34(41)26(19)31(46-16(2)38)25(18)27(20)32(47-17(3)39)28-29(40)21-12-23(42-5)24(43-6)13-22(21)48-33(28)30/h7-8,11-13H,9-10,14H2,1-6H3. The minimum absolute atomic E-state index is 0.0444. The number of fused-ring (bicyclic) bond motifs is 7. The van der Waals surface area contributed by atoms with Gasteiger partial charge in [-0.15, -0.1) is 0 Å². The van der Waals surface area contributed by atoms with Gasteiger partial charge in [-0.05, 0) is 36.1 Å². The Labute approximate surface area is 271 Å². The fourth-order valence-corrected chi connectivity index (χ4v) is 6.81. The zero-order valence-electron chi connectivity index (χ0n) is 26.9. The first-order chi connectivity index (χ1) is 22.9. The van der Waals surface area contributed by atoms with Crippen LogP contribution < -0.4 is 29.1 Å². The smallest absolute Gasteiger partial charge is 0.308 e. The summed E-state index contributed by atoms with van der Waals surface area (Å²) < 4.78 is 40.3. The second-order valence-corrected chi connectivity index (χ2v) is 11.8. The van der Waals surface area contributed by atoms with Gasteiger partial charge in [0.25, 0.3) is 5.91 Å². The lowest BCUT2D eigenvalue weighted by Gasteiger charge is -2.39. The summed E-state index contributed by atoms with van der Waals surface area (Å²) in [6.45, 7) is 6.01. The summed E-state index contributed by atoms with van der Waals surface area (Å²) >= 11 is 0. The Hall–Kier alpha value is -5.69. The Morgan fingerprint density at radius 1 is 0.792 bits per heavy atom. The average molecular weight is 656 g/mol. The van der Waals surface area contributed by atoms with Gasteiger partial charge < -0.3 is 37.7 Å². The molecule has 7 rings (SSSR count). The molecule has 246 valence electrons. The van der Waals surface area contributed by atoms with Crippen molar-refractivity contribution in [3.8, 4) is 28.7 Å². The Kier molecular flexibility index (Phi) is 7.05. The summed E-state index contributed by atoms with van der Waals surface area (Å²) in [4.78, 5) is 68.1. The number of rotatable bonds is 5. The molecule has 3 heterocycles. The second kappa shape index (κ2) is 10.9. The van der Waals surface area contributed by atoms with Crippen molar-refractivity contribution >= 4 is 67.3 Å².